The van der Waals surface area contributed by atoms with Gasteiger partial charge in [0.25, 0.3) is 11.6 Å². The van der Waals surface area contributed by atoms with E-state index in [1.165, 1.54) is 30.2 Å². The number of anilines is 2. The summed E-state index contributed by atoms with van der Waals surface area (Å²) in [4.78, 5) is 49.5. The average Bonchev–Trinajstić information content (AvgIpc) is 3.30. The molecule has 11 nitrogen and oxygen atoms in total. The Morgan fingerprint density at radius 3 is 2.29 bits per heavy atom. The number of nitrogens with one attached hydrogen (secondary N) is 1. The van der Waals surface area contributed by atoms with Gasteiger partial charge in [-0.3, -0.25) is 24.5 Å². The number of carbonyl (C=O) groups is 3. The molecule has 4 rings (SSSR count). The molecule has 0 unspecified atom stereocenters. The number of nitro benzene ring substituents is 1. The quantitative estimate of drug-likeness (QED) is 0.252. The first-order chi connectivity index (χ1) is 18.2. The summed E-state index contributed by atoms with van der Waals surface area (Å²) in [5.74, 6) is -0.894. The number of rotatable bonds is 9. The summed E-state index contributed by atoms with van der Waals surface area (Å²) in [6, 6.07) is 18.4. The van der Waals surface area contributed by atoms with Crippen LogP contribution in [-0.4, -0.2) is 43.0 Å². The molecule has 0 radical (unpaired) electrons. The second kappa shape index (κ2) is 11.4. The van der Waals surface area contributed by atoms with E-state index in [0.29, 0.717) is 22.9 Å². The number of amides is 2. The second-order valence-corrected chi connectivity index (χ2v) is 8.61. The van der Waals surface area contributed by atoms with Crippen molar-refractivity contribution in [2.75, 3.05) is 30.5 Å². The topological polar surface area (TPSA) is 137 Å². The van der Waals surface area contributed by atoms with Crippen LogP contribution in [0.25, 0.3) is 0 Å². The predicted octanol–water partition coefficient (Wildman–Crippen LogP) is 4.24. The van der Waals surface area contributed by atoms with Crippen molar-refractivity contribution >= 4 is 34.8 Å². The summed E-state index contributed by atoms with van der Waals surface area (Å²) < 4.78 is 15.9. The summed E-state index contributed by atoms with van der Waals surface area (Å²) in [5, 5.41) is 13.6. The van der Waals surface area contributed by atoms with Gasteiger partial charge in [-0.25, -0.2) is 0 Å². The zero-order valence-corrected chi connectivity index (χ0v) is 20.7. The van der Waals surface area contributed by atoms with Crippen LogP contribution >= 0.6 is 0 Å². The highest BCUT2D eigenvalue weighted by atomic mass is 16.6. The fourth-order valence-corrected chi connectivity index (χ4v) is 3.89. The molecule has 196 valence electrons. The summed E-state index contributed by atoms with van der Waals surface area (Å²) in [7, 11) is 1.38. The van der Waals surface area contributed by atoms with Gasteiger partial charge in [-0.05, 0) is 49.4 Å². The number of carbonyl (C=O) groups excluding carboxylic acids is 3. The smallest absolute Gasteiger partial charge is 0.311 e. The lowest BCUT2D eigenvalue weighted by Gasteiger charge is -2.17. The molecule has 1 heterocycles. The minimum absolute atomic E-state index is 0.0660. The summed E-state index contributed by atoms with van der Waals surface area (Å²) in [5.41, 5.74) is 1.30. The summed E-state index contributed by atoms with van der Waals surface area (Å²) in [6.07, 6.45) is -0.0660. The van der Waals surface area contributed by atoms with Crippen LogP contribution in [0.4, 0.5) is 17.1 Å². The van der Waals surface area contributed by atoms with Gasteiger partial charge in [0, 0.05) is 30.8 Å². The lowest BCUT2D eigenvalue weighted by atomic mass is 10.1. The Bertz CT molecular complexity index is 1360. The van der Waals surface area contributed by atoms with Gasteiger partial charge in [0.15, 0.2) is 6.61 Å². The third kappa shape index (κ3) is 6.25. The number of nitro groups is 1. The molecule has 0 aromatic heterocycles. The third-order valence-corrected chi connectivity index (χ3v) is 5.88. The molecule has 1 atom stereocenters. The van der Waals surface area contributed by atoms with Gasteiger partial charge in [-0.1, -0.05) is 17.7 Å². The van der Waals surface area contributed by atoms with Crippen LogP contribution in [0, 0.1) is 23.0 Å². The molecular weight excluding hydrogens is 494 g/mol. The van der Waals surface area contributed by atoms with Crippen LogP contribution in [0.3, 0.4) is 0 Å². The maximum Gasteiger partial charge on any atom is 0.311 e. The molecule has 11 heteroatoms. The summed E-state index contributed by atoms with van der Waals surface area (Å²) >= 11 is 0. The van der Waals surface area contributed by atoms with E-state index in [9.17, 15) is 24.5 Å². The normalized spacial score (nSPS) is 14.6. The molecule has 1 fully saturated rings. The molecule has 38 heavy (non-hydrogen) atoms. The molecular formula is C27H25N3O8. The first-order valence-electron chi connectivity index (χ1n) is 11.7. The van der Waals surface area contributed by atoms with Gasteiger partial charge in [0.2, 0.25) is 5.91 Å². The Morgan fingerprint density at radius 1 is 1.03 bits per heavy atom. The first-order valence-corrected chi connectivity index (χ1v) is 11.7. The zero-order valence-electron chi connectivity index (χ0n) is 20.7. The minimum Gasteiger partial charge on any atom is -0.497 e. The van der Waals surface area contributed by atoms with E-state index >= 15 is 0 Å². The Morgan fingerprint density at radius 2 is 1.66 bits per heavy atom. The van der Waals surface area contributed by atoms with Crippen molar-refractivity contribution in [3.8, 4) is 17.2 Å². The lowest BCUT2D eigenvalue weighted by Crippen LogP contribution is -2.28. The van der Waals surface area contributed by atoms with Crippen molar-refractivity contribution in [1.82, 2.24) is 0 Å². The number of nitrogens with zero attached hydrogens (tertiary/aromatic N) is 2. The van der Waals surface area contributed by atoms with Gasteiger partial charge in [0.05, 0.1) is 18.0 Å². The average molecular weight is 520 g/mol. The van der Waals surface area contributed by atoms with Gasteiger partial charge in [0.1, 0.15) is 22.9 Å². The monoisotopic (exact) mass is 519 g/mol. The largest absolute Gasteiger partial charge is 0.497 e. The highest BCUT2D eigenvalue weighted by Gasteiger charge is 2.36. The van der Waals surface area contributed by atoms with E-state index in [2.05, 4.69) is 5.32 Å². The number of methoxy groups -OCH3 is 1. The van der Waals surface area contributed by atoms with E-state index in [4.69, 9.17) is 14.2 Å². The third-order valence-electron chi connectivity index (χ3n) is 5.88. The minimum atomic E-state index is -0.764. The number of hydrogen-bond donors (Lipinski definition) is 1. The standard InChI is InChI=1S/C27H25N3O8/c1-17-3-7-20(8-4-17)38-21-9-5-19(6-10-21)29-15-18(13-26(29)32)27(33)37-16-25(31)28-23-14-22(36-2)11-12-24(23)30(34)35/h3-12,14,18H,13,15-16H2,1-2H3,(H,28,31)/t18-/m0/s1. The molecule has 1 saturated heterocycles. The Kier molecular flexibility index (Phi) is 7.86. The van der Waals surface area contributed by atoms with Crippen molar-refractivity contribution < 1.29 is 33.5 Å². The van der Waals surface area contributed by atoms with E-state index in [1.807, 2.05) is 31.2 Å². The number of hydrogen-bond acceptors (Lipinski definition) is 8. The number of benzene rings is 3. The molecule has 3 aromatic rings. The van der Waals surface area contributed by atoms with Crippen LogP contribution in [-0.2, 0) is 19.1 Å². The Balaban J connectivity index is 1.31. The second-order valence-electron chi connectivity index (χ2n) is 8.61. The van der Waals surface area contributed by atoms with E-state index in [1.54, 1.807) is 24.3 Å². The zero-order chi connectivity index (χ0) is 27.2. The fourth-order valence-electron chi connectivity index (χ4n) is 3.89. The van der Waals surface area contributed by atoms with E-state index in [0.717, 1.165) is 5.56 Å². The van der Waals surface area contributed by atoms with Crippen LogP contribution in [0.15, 0.2) is 66.7 Å². The van der Waals surface area contributed by atoms with Crippen LogP contribution < -0.4 is 19.7 Å². The molecule has 2 amide bonds. The van der Waals surface area contributed by atoms with Crippen molar-refractivity contribution in [3.05, 3.63) is 82.4 Å². The predicted molar refractivity (Wildman–Crippen MR) is 137 cm³/mol. The molecule has 0 saturated carbocycles. The summed E-state index contributed by atoms with van der Waals surface area (Å²) in [6.45, 7) is 1.42. The highest BCUT2D eigenvalue weighted by Crippen LogP contribution is 2.30. The van der Waals surface area contributed by atoms with Crippen molar-refractivity contribution in [2.45, 2.75) is 13.3 Å². The van der Waals surface area contributed by atoms with Crippen LogP contribution in [0.1, 0.15) is 12.0 Å². The molecule has 0 spiro atoms. The van der Waals surface area contributed by atoms with E-state index < -0.39 is 29.3 Å². The van der Waals surface area contributed by atoms with Gasteiger partial charge >= 0.3 is 5.97 Å². The number of aryl methyl sites for hydroxylation is 1. The molecule has 0 bridgehead atoms. The SMILES string of the molecule is COc1ccc([N+](=O)[O-])c(NC(=O)COC(=O)[C@H]2CC(=O)N(c3ccc(Oc4ccc(C)cc4)cc3)C2)c1. The Labute approximate surface area is 218 Å². The highest BCUT2D eigenvalue weighted by molar-refractivity contribution is 6.00. The van der Waals surface area contributed by atoms with Crippen LogP contribution in [0.5, 0.6) is 17.2 Å². The Hall–Kier alpha value is -4.93. The van der Waals surface area contributed by atoms with Crippen molar-refractivity contribution in [1.29, 1.82) is 0 Å². The van der Waals surface area contributed by atoms with Gasteiger partial charge in [-0.15, -0.1) is 0 Å². The van der Waals surface area contributed by atoms with Gasteiger partial charge in [-0.2, -0.15) is 0 Å². The van der Waals surface area contributed by atoms with E-state index in [-0.39, 0.29) is 30.2 Å². The van der Waals surface area contributed by atoms with Gasteiger partial charge < -0.3 is 24.4 Å². The first kappa shape index (κ1) is 26.1. The van der Waals surface area contributed by atoms with Crippen LogP contribution in [0.2, 0.25) is 0 Å². The number of esters is 1. The maximum absolute atomic E-state index is 12.6. The maximum atomic E-state index is 12.6. The lowest BCUT2D eigenvalue weighted by molar-refractivity contribution is -0.383. The molecule has 3 aromatic carbocycles. The molecule has 1 aliphatic heterocycles. The molecule has 0 aliphatic carbocycles. The fraction of sp³-hybridized carbons (Fsp3) is 0.222. The molecule has 1 aliphatic rings. The van der Waals surface area contributed by atoms with Crippen molar-refractivity contribution in [3.63, 3.8) is 0 Å². The molecule has 1 N–H and O–H groups in total. The van der Waals surface area contributed by atoms with Crippen molar-refractivity contribution in [2.24, 2.45) is 5.92 Å². The number of ether oxygens (including phenoxy) is 3.